The minimum Gasteiger partial charge on any atom is -0.320 e. The van der Waals surface area contributed by atoms with Gasteiger partial charge in [-0.1, -0.05) is 25.1 Å². The van der Waals surface area contributed by atoms with E-state index in [0.29, 0.717) is 0 Å². The van der Waals surface area contributed by atoms with Crippen LogP contribution >= 0.6 is 0 Å². The van der Waals surface area contributed by atoms with Crippen molar-refractivity contribution in [2.75, 3.05) is 11.9 Å². The van der Waals surface area contributed by atoms with E-state index in [1.165, 1.54) is 12.1 Å². The summed E-state index contributed by atoms with van der Waals surface area (Å²) in [5.41, 5.74) is 1.55. The third kappa shape index (κ3) is 3.76. The Balaban J connectivity index is 2.21. The Morgan fingerprint density at radius 1 is 1.29 bits per heavy atom. The van der Waals surface area contributed by atoms with Crippen LogP contribution in [0, 0.1) is 0 Å². The van der Waals surface area contributed by atoms with E-state index in [9.17, 15) is 9.59 Å². The molecule has 0 aliphatic heterocycles. The molecule has 110 valence electrons. The van der Waals surface area contributed by atoms with Gasteiger partial charge in [-0.3, -0.25) is 9.59 Å². The van der Waals surface area contributed by atoms with Crippen molar-refractivity contribution in [3.8, 4) is 0 Å². The average molecular weight is 286 g/mol. The first-order valence-electron chi connectivity index (χ1n) is 6.81. The number of aromatic amines is 1. The molecule has 6 nitrogen and oxygen atoms in total. The highest BCUT2D eigenvalue weighted by Crippen LogP contribution is 2.22. The molecule has 2 rings (SSSR count). The molecular weight excluding hydrogens is 268 g/mol. The second kappa shape index (κ2) is 6.81. The first-order chi connectivity index (χ1) is 10.1. The summed E-state index contributed by atoms with van der Waals surface area (Å²) in [6, 6.07) is 10.4. The third-order valence-corrected chi connectivity index (χ3v) is 3.10. The number of carbonyl (C=O) groups is 1. The molecule has 0 radical (unpaired) electrons. The van der Waals surface area contributed by atoms with Crippen molar-refractivity contribution in [2.45, 2.75) is 19.9 Å². The van der Waals surface area contributed by atoms with Gasteiger partial charge in [-0.05, 0) is 31.2 Å². The van der Waals surface area contributed by atoms with Crippen LogP contribution in [0.15, 0.2) is 41.2 Å². The summed E-state index contributed by atoms with van der Waals surface area (Å²) in [5, 5.41) is 12.1. The maximum Gasteiger partial charge on any atom is 0.276 e. The van der Waals surface area contributed by atoms with Crippen molar-refractivity contribution in [3.05, 3.63) is 58.0 Å². The molecule has 1 amide bonds. The van der Waals surface area contributed by atoms with Crippen LogP contribution in [0.3, 0.4) is 0 Å². The number of para-hydroxylation sites is 1. The van der Waals surface area contributed by atoms with E-state index < -0.39 is 0 Å². The molecule has 0 saturated heterocycles. The summed E-state index contributed by atoms with van der Waals surface area (Å²) < 4.78 is 0. The van der Waals surface area contributed by atoms with Crippen LogP contribution in [-0.2, 0) is 0 Å². The van der Waals surface area contributed by atoms with E-state index in [-0.39, 0.29) is 23.2 Å². The fourth-order valence-electron chi connectivity index (χ4n) is 2.06. The molecule has 0 spiro atoms. The molecule has 0 fully saturated rings. The number of H-pyrrole nitrogens is 1. The number of hydrogen-bond donors (Lipinski definition) is 3. The fraction of sp³-hybridized carbons (Fsp3) is 0.267. The maximum atomic E-state index is 12.1. The molecule has 6 heteroatoms. The molecule has 1 aromatic carbocycles. The molecule has 1 unspecified atom stereocenters. The zero-order valence-electron chi connectivity index (χ0n) is 12.0. The Morgan fingerprint density at radius 3 is 2.71 bits per heavy atom. The van der Waals surface area contributed by atoms with Crippen molar-refractivity contribution in [1.82, 2.24) is 15.5 Å². The summed E-state index contributed by atoms with van der Waals surface area (Å²) >= 11 is 0. The van der Waals surface area contributed by atoms with Crippen LogP contribution in [0.2, 0.25) is 0 Å². The number of rotatable bonds is 5. The van der Waals surface area contributed by atoms with Crippen LogP contribution in [0.1, 0.15) is 35.9 Å². The zero-order chi connectivity index (χ0) is 15.2. The van der Waals surface area contributed by atoms with Gasteiger partial charge in [0.25, 0.3) is 11.5 Å². The molecule has 1 heterocycles. The van der Waals surface area contributed by atoms with E-state index in [2.05, 4.69) is 20.8 Å². The number of carbonyl (C=O) groups excluding carboxylic acids is 1. The fourth-order valence-corrected chi connectivity index (χ4v) is 2.06. The molecule has 2 aromatic rings. The van der Waals surface area contributed by atoms with Gasteiger partial charge in [0.15, 0.2) is 0 Å². The Bertz CT molecular complexity index is 661. The Labute approximate surface area is 122 Å². The van der Waals surface area contributed by atoms with Gasteiger partial charge in [0.1, 0.15) is 5.69 Å². The van der Waals surface area contributed by atoms with Gasteiger partial charge in [0.2, 0.25) is 0 Å². The second-order valence-corrected chi connectivity index (χ2v) is 4.63. The number of hydrogen-bond acceptors (Lipinski definition) is 4. The molecule has 0 aliphatic rings. The first kappa shape index (κ1) is 14.9. The van der Waals surface area contributed by atoms with Crippen molar-refractivity contribution < 1.29 is 4.79 Å². The monoisotopic (exact) mass is 286 g/mol. The molecule has 0 bridgehead atoms. The Hall–Kier alpha value is -2.47. The van der Waals surface area contributed by atoms with E-state index in [1.54, 1.807) is 0 Å². The average Bonchev–Trinajstić information content (AvgIpc) is 2.48. The lowest BCUT2D eigenvalue weighted by Crippen LogP contribution is -2.22. The number of aromatic nitrogens is 2. The predicted molar refractivity (Wildman–Crippen MR) is 81.3 cm³/mol. The van der Waals surface area contributed by atoms with E-state index in [4.69, 9.17) is 0 Å². The number of benzene rings is 1. The molecular formula is C15H18N4O2. The van der Waals surface area contributed by atoms with E-state index >= 15 is 0 Å². The smallest absolute Gasteiger partial charge is 0.276 e. The molecule has 1 aromatic heterocycles. The minimum absolute atomic E-state index is 0.120. The van der Waals surface area contributed by atoms with Crippen molar-refractivity contribution >= 4 is 11.6 Å². The van der Waals surface area contributed by atoms with Gasteiger partial charge in [-0.2, -0.15) is 5.10 Å². The zero-order valence-corrected chi connectivity index (χ0v) is 12.0. The lowest BCUT2D eigenvalue weighted by atomic mass is 10.1. The van der Waals surface area contributed by atoms with Gasteiger partial charge < -0.3 is 10.6 Å². The summed E-state index contributed by atoms with van der Waals surface area (Å²) in [6.45, 7) is 4.90. The SMILES string of the molecule is CCNC(C)c1ccccc1NC(=O)c1ccc(=O)[nH]n1. The highest BCUT2D eigenvalue weighted by Gasteiger charge is 2.13. The molecule has 0 aliphatic carbocycles. The van der Waals surface area contributed by atoms with Gasteiger partial charge in [0, 0.05) is 17.8 Å². The van der Waals surface area contributed by atoms with Crippen LogP contribution < -0.4 is 16.2 Å². The van der Waals surface area contributed by atoms with Gasteiger partial charge in [-0.25, -0.2) is 5.10 Å². The van der Waals surface area contributed by atoms with Gasteiger partial charge in [-0.15, -0.1) is 0 Å². The number of amides is 1. The predicted octanol–water partition coefficient (Wildman–Crippen LogP) is 1.69. The summed E-state index contributed by atoms with van der Waals surface area (Å²) in [6.07, 6.45) is 0. The number of nitrogens with one attached hydrogen (secondary N) is 3. The number of anilines is 1. The van der Waals surface area contributed by atoms with Crippen LogP contribution in [0.25, 0.3) is 0 Å². The van der Waals surface area contributed by atoms with Crippen molar-refractivity contribution in [3.63, 3.8) is 0 Å². The Morgan fingerprint density at radius 2 is 2.05 bits per heavy atom. The minimum atomic E-state index is -0.359. The van der Waals surface area contributed by atoms with Crippen molar-refractivity contribution in [2.24, 2.45) is 0 Å². The van der Waals surface area contributed by atoms with Crippen LogP contribution in [-0.4, -0.2) is 22.6 Å². The largest absolute Gasteiger partial charge is 0.320 e. The standard InChI is InChI=1S/C15H18N4O2/c1-3-16-10(2)11-6-4-5-7-12(11)17-15(21)13-8-9-14(20)19-18-13/h4-10,16H,3H2,1-2H3,(H,17,21)(H,19,20). The topological polar surface area (TPSA) is 86.9 Å². The van der Waals surface area contributed by atoms with Crippen molar-refractivity contribution in [1.29, 1.82) is 0 Å². The number of nitrogens with zero attached hydrogens (tertiary/aromatic N) is 1. The van der Waals surface area contributed by atoms with Crippen LogP contribution in [0.4, 0.5) is 5.69 Å². The lowest BCUT2D eigenvalue weighted by Gasteiger charge is -2.17. The normalized spacial score (nSPS) is 11.9. The third-order valence-electron chi connectivity index (χ3n) is 3.10. The second-order valence-electron chi connectivity index (χ2n) is 4.63. The summed E-state index contributed by atoms with van der Waals surface area (Å²) in [7, 11) is 0. The lowest BCUT2D eigenvalue weighted by molar-refractivity contribution is 0.102. The Kier molecular flexibility index (Phi) is 4.84. The summed E-state index contributed by atoms with van der Waals surface area (Å²) in [4.78, 5) is 23.1. The van der Waals surface area contributed by atoms with E-state index in [1.807, 2.05) is 38.1 Å². The molecule has 0 saturated carbocycles. The quantitative estimate of drug-likeness (QED) is 0.780. The molecule has 1 atom stereocenters. The summed E-state index contributed by atoms with van der Waals surface area (Å²) in [5.74, 6) is -0.359. The van der Waals surface area contributed by atoms with Crippen LogP contribution in [0.5, 0.6) is 0 Å². The highest BCUT2D eigenvalue weighted by atomic mass is 16.2. The van der Waals surface area contributed by atoms with E-state index in [0.717, 1.165) is 17.8 Å². The maximum absolute atomic E-state index is 12.1. The molecule has 3 N–H and O–H groups in total. The first-order valence-corrected chi connectivity index (χ1v) is 6.81. The van der Waals surface area contributed by atoms with Gasteiger partial charge >= 0.3 is 0 Å². The highest BCUT2D eigenvalue weighted by molar-refractivity contribution is 6.03. The molecule has 21 heavy (non-hydrogen) atoms. The van der Waals surface area contributed by atoms with Gasteiger partial charge in [0.05, 0.1) is 0 Å².